The van der Waals surface area contributed by atoms with E-state index in [2.05, 4.69) is 57.8 Å². The number of aromatic nitrogens is 1. The third-order valence-electron chi connectivity index (χ3n) is 5.49. The fourth-order valence-corrected chi connectivity index (χ4v) is 3.84. The maximum atomic E-state index is 5.63. The molecule has 162 valence electrons. The predicted octanol–water partition coefficient (Wildman–Crippen LogP) is 4.06. The summed E-state index contributed by atoms with van der Waals surface area (Å²) in [5, 5.41) is 6.96. The van der Waals surface area contributed by atoms with Gasteiger partial charge in [-0.1, -0.05) is 48.5 Å². The summed E-state index contributed by atoms with van der Waals surface area (Å²) >= 11 is 0. The highest BCUT2D eigenvalue weighted by molar-refractivity contribution is 5.80. The Hall–Kier alpha value is -3.12. The van der Waals surface area contributed by atoms with Gasteiger partial charge in [-0.2, -0.15) is 0 Å². The lowest BCUT2D eigenvalue weighted by atomic mass is 10.0. The minimum Gasteiger partial charge on any atom is -0.444 e. The van der Waals surface area contributed by atoms with E-state index in [-0.39, 0.29) is 0 Å². The number of likely N-dealkylation sites (tertiary alicyclic amines) is 1. The topological polar surface area (TPSA) is 65.7 Å². The number of aliphatic imine (C=N–C) groups is 1. The maximum absolute atomic E-state index is 5.63. The van der Waals surface area contributed by atoms with Gasteiger partial charge in [0.2, 0.25) is 5.89 Å². The first-order valence-electron chi connectivity index (χ1n) is 11.1. The second-order valence-electron chi connectivity index (χ2n) is 7.89. The molecule has 3 aromatic rings. The van der Waals surface area contributed by atoms with Gasteiger partial charge in [-0.25, -0.2) is 9.98 Å². The van der Waals surface area contributed by atoms with Crippen molar-refractivity contribution < 1.29 is 4.42 Å². The lowest BCUT2D eigenvalue weighted by Crippen LogP contribution is -2.48. The number of hydrogen-bond donors (Lipinski definition) is 2. The van der Waals surface area contributed by atoms with Crippen molar-refractivity contribution in [2.24, 2.45) is 4.99 Å². The van der Waals surface area contributed by atoms with Crippen molar-refractivity contribution in [3.8, 4) is 11.5 Å². The van der Waals surface area contributed by atoms with E-state index in [1.54, 1.807) is 6.26 Å². The van der Waals surface area contributed by atoms with E-state index in [0.717, 1.165) is 56.2 Å². The Morgan fingerprint density at radius 3 is 2.48 bits per heavy atom. The molecule has 31 heavy (non-hydrogen) atoms. The van der Waals surface area contributed by atoms with Gasteiger partial charge in [0, 0.05) is 37.8 Å². The number of guanidine groups is 1. The standard InChI is InChI=1S/C25H31N5O/c1-2-26-25(27-17-23-19-31-24(28-23)21-11-7-4-8-12-21)29-22-13-15-30(16-14-22)18-20-9-5-3-6-10-20/h3-12,19,22H,2,13-18H2,1H3,(H2,26,27,29). The summed E-state index contributed by atoms with van der Waals surface area (Å²) in [7, 11) is 0. The fraction of sp³-hybridized carbons (Fsp3) is 0.360. The van der Waals surface area contributed by atoms with Gasteiger partial charge in [0.15, 0.2) is 5.96 Å². The van der Waals surface area contributed by atoms with Gasteiger partial charge in [-0.15, -0.1) is 0 Å². The summed E-state index contributed by atoms with van der Waals surface area (Å²) in [5.41, 5.74) is 3.19. The smallest absolute Gasteiger partial charge is 0.226 e. The van der Waals surface area contributed by atoms with Crippen molar-refractivity contribution in [2.75, 3.05) is 19.6 Å². The van der Waals surface area contributed by atoms with E-state index in [1.165, 1.54) is 5.56 Å². The van der Waals surface area contributed by atoms with E-state index >= 15 is 0 Å². The second-order valence-corrected chi connectivity index (χ2v) is 7.89. The largest absolute Gasteiger partial charge is 0.444 e. The van der Waals surface area contributed by atoms with Crippen LogP contribution < -0.4 is 10.6 Å². The van der Waals surface area contributed by atoms with Gasteiger partial charge < -0.3 is 15.1 Å². The molecule has 0 atom stereocenters. The van der Waals surface area contributed by atoms with E-state index in [9.17, 15) is 0 Å². The van der Waals surface area contributed by atoms with Crippen molar-refractivity contribution in [1.82, 2.24) is 20.5 Å². The molecule has 1 aromatic heterocycles. The molecule has 0 aliphatic carbocycles. The first-order chi connectivity index (χ1) is 15.3. The second kappa shape index (κ2) is 10.8. The van der Waals surface area contributed by atoms with E-state index in [4.69, 9.17) is 9.41 Å². The van der Waals surface area contributed by atoms with Crippen LogP contribution in [-0.4, -0.2) is 41.5 Å². The van der Waals surface area contributed by atoms with Crippen molar-refractivity contribution in [2.45, 2.75) is 38.9 Å². The van der Waals surface area contributed by atoms with Crippen molar-refractivity contribution in [3.63, 3.8) is 0 Å². The van der Waals surface area contributed by atoms with Crippen LogP contribution in [0.2, 0.25) is 0 Å². The first-order valence-corrected chi connectivity index (χ1v) is 11.1. The maximum Gasteiger partial charge on any atom is 0.226 e. The predicted molar refractivity (Wildman–Crippen MR) is 125 cm³/mol. The lowest BCUT2D eigenvalue weighted by molar-refractivity contribution is 0.198. The number of rotatable bonds is 7. The zero-order valence-electron chi connectivity index (χ0n) is 18.1. The minimum atomic E-state index is 0.432. The molecular weight excluding hydrogens is 386 g/mol. The molecule has 6 nitrogen and oxygen atoms in total. The molecule has 1 saturated heterocycles. The molecular formula is C25H31N5O. The highest BCUT2D eigenvalue weighted by Gasteiger charge is 2.20. The Kier molecular flexibility index (Phi) is 7.34. The lowest BCUT2D eigenvalue weighted by Gasteiger charge is -2.33. The van der Waals surface area contributed by atoms with Crippen LogP contribution in [0.5, 0.6) is 0 Å². The summed E-state index contributed by atoms with van der Waals surface area (Å²) in [6.07, 6.45) is 3.91. The van der Waals surface area contributed by atoms with Gasteiger partial charge in [0.05, 0.1) is 6.54 Å². The van der Waals surface area contributed by atoms with Crippen LogP contribution in [0.25, 0.3) is 11.5 Å². The fourth-order valence-electron chi connectivity index (χ4n) is 3.84. The zero-order chi connectivity index (χ0) is 21.3. The summed E-state index contributed by atoms with van der Waals surface area (Å²) < 4.78 is 5.63. The summed E-state index contributed by atoms with van der Waals surface area (Å²) in [6.45, 7) is 6.61. The molecule has 2 aromatic carbocycles. The van der Waals surface area contributed by atoms with E-state index < -0.39 is 0 Å². The molecule has 0 saturated carbocycles. The Bertz CT molecular complexity index is 946. The molecule has 0 radical (unpaired) electrons. The molecule has 0 unspecified atom stereocenters. The first kappa shape index (κ1) is 21.1. The molecule has 6 heteroatoms. The molecule has 2 N–H and O–H groups in total. The van der Waals surface area contributed by atoms with Crippen LogP contribution in [0.15, 0.2) is 76.3 Å². The Morgan fingerprint density at radius 2 is 1.77 bits per heavy atom. The third kappa shape index (κ3) is 6.18. The molecule has 0 spiro atoms. The molecule has 2 heterocycles. The van der Waals surface area contributed by atoms with Crippen LogP contribution in [0.1, 0.15) is 31.0 Å². The zero-order valence-corrected chi connectivity index (χ0v) is 18.1. The molecule has 1 aliphatic rings. The third-order valence-corrected chi connectivity index (χ3v) is 5.49. The summed E-state index contributed by atoms with van der Waals surface area (Å²) in [4.78, 5) is 11.8. The van der Waals surface area contributed by atoms with Crippen LogP contribution in [0.3, 0.4) is 0 Å². The number of nitrogens with one attached hydrogen (secondary N) is 2. The van der Waals surface area contributed by atoms with Crippen LogP contribution in [0.4, 0.5) is 0 Å². The highest BCUT2D eigenvalue weighted by atomic mass is 16.3. The number of piperidine rings is 1. The van der Waals surface area contributed by atoms with Crippen LogP contribution in [-0.2, 0) is 13.1 Å². The van der Waals surface area contributed by atoms with Gasteiger partial charge in [0.25, 0.3) is 0 Å². The van der Waals surface area contributed by atoms with Crippen LogP contribution in [0, 0.1) is 0 Å². The number of nitrogens with zero attached hydrogens (tertiary/aromatic N) is 3. The van der Waals surface area contributed by atoms with Gasteiger partial charge >= 0.3 is 0 Å². The van der Waals surface area contributed by atoms with Gasteiger partial charge in [-0.3, -0.25) is 4.90 Å². The normalized spacial score (nSPS) is 15.7. The SMILES string of the molecule is CCNC(=NCc1coc(-c2ccccc2)n1)NC1CCN(Cc2ccccc2)CC1. The Balaban J connectivity index is 1.29. The van der Waals surface area contributed by atoms with Gasteiger partial charge in [-0.05, 0) is 37.5 Å². The van der Waals surface area contributed by atoms with Crippen molar-refractivity contribution >= 4 is 5.96 Å². The molecule has 0 amide bonds. The monoisotopic (exact) mass is 417 g/mol. The Labute approximate surface area is 184 Å². The van der Waals surface area contributed by atoms with Crippen LogP contribution >= 0.6 is 0 Å². The quantitative estimate of drug-likeness (QED) is 0.448. The average molecular weight is 418 g/mol. The van der Waals surface area contributed by atoms with Crippen molar-refractivity contribution in [1.29, 1.82) is 0 Å². The number of oxazole rings is 1. The molecule has 4 rings (SSSR count). The number of benzene rings is 2. The number of hydrogen-bond acceptors (Lipinski definition) is 4. The summed E-state index contributed by atoms with van der Waals surface area (Å²) in [6, 6.07) is 21.1. The molecule has 1 fully saturated rings. The summed E-state index contributed by atoms with van der Waals surface area (Å²) in [5.74, 6) is 1.47. The van der Waals surface area contributed by atoms with Crippen molar-refractivity contribution in [3.05, 3.63) is 78.2 Å². The van der Waals surface area contributed by atoms with Gasteiger partial charge in [0.1, 0.15) is 12.0 Å². The highest BCUT2D eigenvalue weighted by Crippen LogP contribution is 2.18. The Morgan fingerprint density at radius 1 is 1.06 bits per heavy atom. The minimum absolute atomic E-state index is 0.432. The average Bonchev–Trinajstić information content (AvgIpc) is 3.29. The van der Waals surface area contributed by atoms with E-state index in [0.29, 0.717) is 18.5 Å². The van der Waals surface area contributed by atoms with E-state index in [1.807, 2.05) is 30.3 Å². The molecule has 0 bridgehead atoms. The molecule has 1 aliphatic heterocycles.